The van der Waals surface area contributed by atoms with Gasteiger partial charge in [-0.25, -0.2) is 0 Å². The van der Waals surface area contributed by atoms with Gasteiger partial charge in [-0.3, -0.25) is 9.59 Å². The van der Waals surface area contributed by atoms with Gasteiger partial charge in [0.15, 0.2) is 0 Å². The number of carbonyl (C=O) groups is 2. The Morgan fingerprint density at radius 3 is 1.88 bits per heavy atom. The van der Waals surface area contributed by atoms with Crippen molar-refractivity contribution >= 4 is 24.6 Å². The number of carboxylic acid groups (broad SMARTS) is 1. The van der Waals surface area contributed by atoms with Gasteiger partial charge in [-0.05, 0) is 45.9 Å². The summed E-state index contributed by atoms with van der Waals surface area (Å²) in [6, 6.07) is 0. The molecule has 25 heavy (non-hydrogen) atoms. The molecule has 0 amide bonds. The van der Waals surface area contributed by atoms with E-state index in [2.05, 4.69) is 38.3 Å². The van der Waals surface area contributed by atoms with E-state index in [9.17, 15) is 9.59 Å². The average Bonchev–Trinajstić information content (AvgIpc) is 2.47. The maximum Gasteiger partial charge on any atom is 0.307 e. The topological polar surface area (TPSA) is 70.1 Å². The predicted octanol–water partition coefficient (Wildman–Crippen LogP) is 2.38. The Labute approximate surface area is 158 Å². The lowest BCUT2D eigenvalue weighted by Crippen LogP contribution is -2.39. The van der Waals surface area contributed by atoms with Crippen LogP contribution < -0.4 is 0 Å². The molecule has 0 aromatic carbocycles. The van der Waals surface area contributed by atoms with E-state index in [1.165, 1.54) is 0 Å². The summed E-state index contributed by atoms with van der Waals surface area (Å²) in [6.07, 6.45) is 1.45. The van der Waals surface area contributed by atoms with Crippen LogP contribution in [-0.4, -0.2) is 78.5 Å². The van der Waals surface area contributed by atoms with Crippen molar-refractivity contribution in [3.63, 3.8) is 0 Å². The quantitative estimate of drug-likeness (QED) is 0.403. The van der Waals surface area contributed by atoms with Crippen molar-refractivity contribution in [1.82, 2.24) is 9.80 Å². The van der Waals surface area contributed by atoms with Crippen molar-refractivity contribution < 1.29 is 19.4 Å². The SMILES string of the molecule is CN(CCCN(C)CCC(=O)OCC(C)(S)C(C)(C)C)CCC(=O)O. The first-order chi connectivity index (χ1) is 11.3. The lowest BCUT2D eigenvalue weighted by molar-refractivity contribution is -0.145. The van der Waals surface area contributed by atoms with Crippen LogP contribution in [0.25, 0.3) is 0 Å². The molecule has 0 saturated heterocycles. The zero-order valence-electron chi connectivity index (χ0n) is 16.7. The van der Waals surface area contributed by atoms with E-state index < -0.39 is 5.97 Å². The number of carbonyl (C=O) groups excluding carboxylic acids is 1. The normalized spacial score (nSPS) is 14.6. The fraction of sp³-hybridized carbons (Fsp3) is 0.889. The van der Waals surface area contributed by atoms with Gasteiger partial charge in [0, 0.05) is 17.8 Å². The number of esters is 1. The Kier molecular flexibility index (Phi) is 10.7. The molecule has 0 saturated carbocycles. The molecule has 1 atom stereocenters. The maximum absolute atomic E-state index is 11.9. The third-order valence-corrected chi connectivity index (χ3v) is 5.41. The van der Waals surface area contributed by atoms with Crippen LogP contribution in [0, 0.1) is 5.41 Å². The monoisotopic (exact) mass is 376 g/mol. The lowest BCUT2D eigenvalue weighted by Gasteiger charge is -2.37. The van der Waals surface area contributed by atoms with Crippen molar-refractivity contribution in [3.05, 3.63) is 0 Å². The standard InChI is InChI=1S/C18H36N2O4S/c1-17(2,3)18(4,25)14-24-16(23)9-13-20(6)11-7-10-19(5)12-8-15(21)22/h25H,7-14H2,1-6H3,(H,21,22). The summed E-state index contributed by atoms with van der Waals surface area (Å²) >= 11 is 4.62. The predicted molar refractivity (Wildman–Crippen MR) is 104 cm³/mol. The average molecular weight is 377 g/mol. The van der Waals surface area contributed by atoms with E-state index in [0.29, 0.717) is 26.1 Å². The van der Waals surface area contributed by atoms with Crippen LogP contribution in [0.4, 0.5) is 0 Å². The fourth-order valence-corrected chi connectivity index (χ4v) is 1.98. The molecule has 0 radical (unpaired) electrons. The first-order valence-electron chi connectivity index (χ1n) is 8.82. The van der Waals surface area contributed by atoms with Gasteiger partial charge in [0.25, 0.3) is 0 Å². The molecular formula is C18H36N2O4S. The summed E-state index contributed by atoms with van der Waals surface area (Å²) in [5, 5.41) is 8.65. The number of hydrogen-bond donors (Lipinski definition) is 2. The number of ether oxygens (including phenoxy) is 1. The molecule has 0 aliphatic rings. The van der Waals surface area contributed by atoms with E-state index in [0.717, 1.165) is 19.5 Å². The molecule has 148 valence electrons. The molecule has 0 fully saturated rings. The molecule has 0 rings (SSSR count). The Morgan fingerprint density at radius 2 is 1.44 bits per heavy atom. The van der Waals surface area contributed by atoms with Gasteiger partial charge in [-0.1, -0.05) is 20.8 Å². The van der Waals surface area contributed by atoms with Gasteiger partial charge in [0.1, 0.15) is 6.61 Å². The van der Waals surface area contributed by atoms with Crippen LogP contribution in [0.5, 0.6) is 0 Å². The zero-order valence-corrected chi connectivity index (χ0v) is 17.6. The van der Waals surface area contributed by atoms with Crippen molar-refractivity contribution in [1.29, 1.82) is 0 Å². The van der Waals surface area contributed by atoms with E-state index in [1.807, 2.05) is 25.9 Å². The second kappa shape index (κ2) is 11.0. The summed E-state index contributed by atoms with van der Waals surface area (Å²) in [6.45, 7) is 11.4. The molecule has 6 nitrogen and oxygen atoms in total. The molecule has 0 spiro atoms. The van der Waals surface area contributed by atoms with Gasteiger partial charge in [0.2, 0.25) is 0 Å². The highest BCUT2D eigenvalue weighted by molar-refractivity contribution is 7.81. The highest BCUT2D eigenvalue weighted by Gasteiger charge is 2.35. The number of carboxylic acids is 1. The number of hydrogen-bond acceptors (Lipinski definition) is 6. The van der Waals surface area contributed by atoms with Crippen LogP contribution in [-0.2, 0) is 14.3 Å². The van der Waals surface area contributed by atoms with Crippen molar-refractivity contribution in [2.24, 2.45) is 5.41 Å². The molecule has 1 unspecified atom stereocenters. The lowest BCUT2D eigenvalue weighted by atomic mass is 9.81. The zero-order chi connectivity index (χ0) is 19.7. The molecule has 0 aromatic heterocycles. The number of aliphatic carboxylic acids is 1. The molecule has 0 heterocycles. The van der Waals surface area contributed by atoms with Crippen LogP contribution in [0.3, 0.4) is 0 Å². The molecule has 0 aromatic rings. The number of rotatable bonds is 12. The minimum atomic E-state index is -0.772. The van der Waals surface area contributed by atoms with Gasteiger partial charge in [0.05, 0.1) is 12.8 Å². The number of thiol groups is 1. The minimum absolute atomic E-state index is 0.0557. The summed E-state index contributed by atoms with van der Waals surface area (Å²) < 4.78 is 5.01. The first kappa shape index (κ1) is 24.2. The summed E-state index contributed by atoms with van der Waals surface area (Å²) in [5.74, 6) is -0.971. The van der Waals surface area contributed by atoms with Crippen LogP contribution >= 0.6 is 12.6 Å². The third kappa shape index (κ3) is 11.4. The van der Waals surface area contributed by atoms with Crippen molar-refractivity contribution in [2.75, 3.05) is 46.9 Å². The highest BCUT2D eigenvalue weighted by atomic mass is 32.1. The summed E-state index contributed by atoms with van der Waals surface area (Å²) in [5.41, 5.74) is -0.0557. The largest absolute Gasteiger partial charge is 0.481 e. The van der Waals surface area contributed by atoms with Crippen molar-refractivity contribution in [3.8, 4) is 0 Å². The third-order valence-electron chi connectivity index (χ3n) is 4.61. The Morgan fingerprint density at radius 1 is 0.960 bits per heavy atom. The molecule has 0 aliphatic carbocycles. The smallest absolute Gasteiger partial charge is 0.307 e. The van der Waals surface area contributed by atoms with Crippen LogP contribution in [0.2, 0.25) is 0 Å². The van der Waals surface area contributed by atoms with E-state index in [-0.39, 0.29) is 22.6 Å². The van der Waals surface area contributed by atoms with E-state index in [4.69, 9.17) is 9.84 Å². The second-order valence-corrected chi connectivity index (χ2v) is 9.03. The minimum Gasteiger partial charge on any atom is -0.481 e. The van der Waals surface area contributed by atoms with Crippen LogP contribution in [0.1, 0.15) is 47.0 Å². The molecule has 7 heteroatoms. The molecule has 0 aliphatic heterocycles. The van der Waals surface area contributed by atoms with E-state index in [1.54, 1.807) is 0 Å². The molecule has 0 bridgehead atoms. The van der Waals surface area contributed by atoms with Gasteiger partial charge in [-0.15, -0.1) is 0 Å². The first-order valence-corrected chi connectivity index (χ1v) is 9.27. The van der Waals surface area contributed by atoms with Gasteiger partial charge >= 0.3 is 11.9 Å². The maximum atomic E-state index is 11.9. The Balaban J connectivity index is 3.89. The van der Waals surface area contributed by atoms with E-state index >= 15 is 0 Å². The molecule has 1 N–H and O–H groups in total. The Hall–Kier alpha value is -0.790. The Bertz CT molecular complexity index is 422. The number of nitrogens with zero attached hydrogens (tertiary/aromatic N) is 2. The van der Waals surface area contributed by atoms with Gasteiger partial charge < -0.3 is 19.6 Å². The highest BCUT2D eigenvalue weighted by Crippen LogP contribution is 2.35. The summed E-state index contributed by atoms with van der Waals surface area (Å²) in [4.78, 5) is 26.5. The van der Waals surface area contributed by atoms with Gasteiger partial charge in [-0.2, -0.15) is 12.6 Å². The summed E-state index contributed by atoms with van der Waals surface area (Å²) in [7, 11) is 3.90. The fourth-order valence-electron chi connectivity index (χ4n) is 1.91. The van der Waals surface area contributed by atoms with Crippen molar-refractivity contribution in [2.45, 2.75) is 51.7 Å². The second-order valence-electron chi connectivity index (χ2n) is 8.04. The molecular weight excluding hydrogens is 340 g/mol. The van der Waals surface area contributed by atoms with Crippen LogP contribution in [0.15, 0.2) is 0 Å².